The number of nitro groups is 1. The Balaban J connectivity index is 1.91. The number of benzene rings is 1. The van der Waals surface area contributed by atoms with E-state index in [4.69, 9.17) is 0 Å². The Morgan fingerprint density at radius 3 is 2.50 bits per heavy atom. The van der Waals surface area contributed by atoms with Gasteiger partial charge >= 0.3 is 0 Å². The molecule has 104 valence electrons. The molecule has 7 heteroatoms. The molecule has 0 saturated carbocycles. The molecule has 1 N–H and O–H groups in total. The van der Waals surface area contributed by atoms with Crippen molar-refractivity contribution in [2.24, 2.45) is 0 Å². The van der Waals surface area contributed by atoms with Crippen molar-refractivity contribution < 1.29 is 4.92 Å². The minimum absolute atomic E-state index is 0.103. The number of rotatable bonds is 5. The molecule has 0 bridgehead atoms. The van der Waals surface area contributed by atoms with Crippen LogP contribution in [0.25, 0.3) is 0 Å². The first kappa shape index (κ1) is 15.1. The highest BCUT2D eigenvalue weighted by Gasteiger charge is 2.05. The van der Waals surface area contributed by atoms with Crippen LogP contribution in [-0.2, 0) is 13.1 Å². The van der Waals surface area contributed by atoms with E-state index >= 15 is 0 Å². The molecular weight excluding hydrogens is 390 g/mol. The average Bonchev–Trinajstić information content (AvgIpc) is 2.42. The number of halogens is 2. The minimum atomic E-state index is -0.403. The predicted octanol–water partition coefficient (Wildman–Crippen LogP) is 3.80. The van der Waals surface area contributed by atoms with Gasteiger partial charge in [-0.2, -0.15) is 0 Å². The van der Waals surface area contributed by atoms with Crippen LogP contribution >= 0.6 is 31.9 Å². The fourth-order valence-electron chi connectivity index (χ4n) is 1.63. The molecule has 0 atom stereocenters. The van der Waals surface area contributed by atoms with Crippen LogP contribution in [0.15, 0.2) is 45.5 Å². The number of hydrogen-bond donors (Lipinski definition) is 1. The van der Waals surface area contributed by atoms with Gasteiger partial charge in [0.1, 0.15) is 0 Å². The van der Waals surface area contributed by atoms with E-state index in [-0.39, 0.29) is 5.69 Å². The summed E-state index contributed by atoms with van der Waals surface area (Å²) in [5.41, 5.74) is 2.00. The zero-order valence-electron chi connectivity index (χ0n) is 10.3. The Hall–Kier alpha value is -1.31. The maximum absolute atomic E-state index is 10.5. The van der Waals surface area contributed by atoms with Crippen molar-refractivity contribution in [2.75, 3.05) is 0 Å². The fraction of sp³-hybridized carbons (Fsp3) is 0.154. The molecule has 0 aliphatic rings. The SMILES string of the molecule is O=[N+]([O-])c1ccc(CNCc2ncc(Br)cc2Br)cc1. The molecule has 0 amide bonds. The average molecular weight is 401 g/mol. The van der Waals surface area contributed by atoms with Crippen LogP contribution in [0, 0.1) is 10.1 Å². The summed E-state index contributed by atoms with van der Waals surface area (Å²) in [7, 11) is 0. The fourth-order valence-corrected chi connectivity index (χ4v) is 2.76. The van der Waals surface area contributed by atoms with E-state index in [1.807, 2.05) is 6.07 Å². The lowest BCUT2D eigenvalue weighted by Crippen LogP contribution is -2.14. The summed E-state index contributed by atoms with van der Waals surface area (Å²) in [4.78, 5) is 14.4. The summed E-state index contributed by atoms with van der Waals surface area (Å²) >= 11 is 6.80. The Morgan fingerprint density at radius 2 is 1.90 bits per heavy atom. The molecule has 1 aromatic carbocycles. The van der Waals surface area contributed by atoms with E-state index in [0.717, 1.165) is 20.2 Å². The van der Waals surface area contributed by atoms with Crippen LogP contribution in [0.2, 0.25) is 0 Å². The molecule has 2 aromatic rings. The van der Waals surface area contributed by atoms with Gasteiger partial charge in [-0.05, 0) is 43.5 Å². The highest BCUT2D eigenvalue weighted by molar-refractivity contribution is 9.11. The lowest BCUT2D eigenvalue weighted by Gasteiger charge is -2.06. The normalized spacial score (nSPS) is 10.5. The van der Waals surface area contributed by atoms with Crippen LogP contribution < -0.4 is 5.32 Å². The third-order valence-corrected chi connectivity index (χ3v) is 3.77. The third-order valence-electron chi connectivity index (χ3n) is 2.65. The predicted molar refractivity (Wildman–Crippen MR) is 83.3 cm³/mol. The Kier molecular flexibility index (Phi) is 5.22. The van der Waals surface area contributed by atoms with Crippen molar-refractivity contribution in [2.45, 2.75) is 13.1 Å². The molecule has 1 heterocycles. The van der Waals surface area contributed by atoms with E-state index in [1.165, 1.54) is 12.1 Å². The zero-order chi connectivity index (χ0) is 14.5. The molecule has 0 fully saturated rings. The molecule has 0 spiro atoms. The van der Waals surface area contributed by atoms with Gasteiger partial charge in [0.2, 0.25) is 0 Å². The summed E-state index contributed by atoms with van der Waals surface area (Å²) in [6.07, 6.45) is 1.74. The van der Waals surface area contributed by atoms with E-state index in [2.05, 4.69) is 42.2 Å². The summed E-state index contributed by atoms with van der Waals surface area (Å²) in [6.45, 7) is 1.24. The van der Waals surface area contributed by atoms with Crippen molar-refractivity contribution in [1.29, 1.82) is 0 Å². The standard InChI is InChI=1S/C13H11Br2N3O2/c14-10-5-12(15)13(17-7-10)8-16-6-9-1-3-11(4-2-9)18(19)20/h1-5,7,16H,6,8H2. The molecule has 0 saturated heterocycles. The maximum Gasteiger partial charge on any atom is 0.269 e. The molecule has 0 radical (unpaired) electrons. The van der Waals surface area contributed by atoms with Crippen molar-refractivity contribution in [1.82, 2.24) is 10.3 Å². The zero-order valence-corrected chi connectivity index (χ0v) is 13.5. The van der Waals surface area contributed by atoms with E-state index in [9.17, 15) is 10.1 Å². The Bertz CT molecular complexity index is 618. The van der Waals surface area contributed by atoms with E-state index < -0.39 is 4.92 Å². The molecule has 0 aliphatic heterocycles. The molecular formula is C13H11Br2N3O2. The van der Waals surface area contributed by atoms with Crippen molar-refractivity contribution >= 4 is 37.5 Å². The molecule has 0 aliphatic carbocycles. The second kappa shape index (κ2) is 6.92. The van der Waals surface area contributed by atoms with Crippen LogP contribution in [-0.4, -0.2) is 9.91 Å². The minimum Gasteiger partial charge on any atom is -0.307 e. The molecule has 20 heavy (non-hydrogen) atoms. The number of pyridine rings is 1. The highest BCUT2D eigenvalue weighted by atomic mass is 79.9. The van der Waals surface area contributed by atoms with E-state index in [1.54, 1.807) is 18.3 Å². The van der Waals surface area contributed by atoms with Gasteiger partial charge < -0.3 is 5.32 Å². The lowest BCUT2D eigenvalue weighted by molar-refractivity contribution is -0.384. The van der Waals surface area contributed by atoms with Crippen molar-refractivity contribution in [3.63, 3.8) is 0 Å². The monoisotopic (exact) mass is 399 g/mol. The Labute approximate surface area is 132 Å². The number of aromatic nitrogens is 1. The summed E-state index contributed by atoms with van der Waals surface area (Å²) < 4.78 is 1.85. The number of nitrogens with one attached hydrogen (secondary N) is 1. The van der Waals surface area contributed by atoms with Crippen LogP contribution in [0.3, 0.4) is 0 Å². The smallest absolute Gasteiger partial charge is 0.269 e. The van der Waals surface area contributed by atoms with Crippen LogP contribution in [0.5, 0.6) is 0 Å². The lowest BCUT2D eigenvalue weighted by atomic mass is 10.2. The van der Waals surface area contributed by atoms with Gasteiger partial charge in [-0.15, -0.1) is 0 Å². The van der Waals surface area contributed by atoms with Crippen LogP contribution in [0.4, 0.5) is 5.69 Å². The van der Waals surface area contributed by atoms with Gasteiger partial charge in [0.25, 0.3) is 5.69 Å². The first-order valence-corrected chi connectivity index (χ1v) is 7.39. The maximum atomic E-state index is 10.5. The number of non-ortho nitro benzene ring substituents is 1. The highest BCUT2D eigenvalue weighted by Crippen LogP contribution is 2.19. The third kappa shape index (κ3) is 4.09. The Morgan fingerprint density at radius 1 is 1.20 bits per heavy atom. The van der Waals surface area contributed by atoms with Gasteiger partial charge in [-0.1, -0.05) is 12.1 Å². The number of hydrogen-bond acceptors (Lipinski definition) is 4. The van der Waals surface area contributed by atoms with Gasteiger partial charge in [0.05, 0.1) is 10.6 Å². The first-order valence-electron chi connectivity index (χ1n) is 5.80. The van der Waals surface area contributed by atoms with Crippen molar-refractivity contribution in [3.05, 3.63) is 66.8 Å². The summed E-state index contributed by atoms with van der Waals surface area (Å²) in [6, 6.07) is 8.44. The van der Waals surface area contributed by atoms with E-state index in [0.29, 0.717) is 13.1 Å². The summed E-state index contributed by atoms with van der Waals surface area (Å²) in [5.74, 6) is 0. The van der Waals surface area contributed by atoms with Gasteiger partial charge in [0.15, 0.2) is 0 Å². The molecule has 2 rings (SSSR count). The van der Waals surface area contributed by atoms with Gasteiger partial charge in [0, 0.05) is 40.4 Å². The topological polar surface area (TPSA) is 68.1 Å². The van der Waals surface area contributed by atoms with Gasteiger partial charge in [-0.25, -0.2) is 0 Å². The van der Waals surface area contributed by atoms with Crippen LogP contribution in [0.1, 0.15) is 11.3 Å². The molecule has 0 unspecified atom stereocenters. The second-order valence-electron chi connectivity index (χ2n) is 4.11. The quantitative estimate of drug-likeness (QED) is 0.612. The number of nitrogens with zero attached hydrogens (tertiary/aromatic N) is 2. The van der Waals surface area contributed by atoms with Crippen molar-refractivity contribution in [3.8, 4) is 0 Å². The number of nitro benzene ring substituents is 1. The molecule has 1 aromatic heterocycles. The van der Waals surface area contributed by atoms with Gasteiger partial charge in [-0.3, -0.25) is 15.1 Å². The largest absolute Gasteiger partial charge is 0.307 e. The summed E-state index contributed by atoms with van der Waals surface area (Å²) in [5, 5.41) is 13.8. The molecule has 5 nitrogen and oxygen atoms in total. The first-order chi connectivity index (χ1) is 9.56. The second-order valence-corrected chi connectivity index (χ2v) is 5.88.